The van der Waals surface area contributed by atoms with Crippen LogP contribution >= 0.6 is 11.3 Å². The van der Waals surface area contributed by atoms with Crippen LogP contribution in [-0.2, 0) is 4.79 Å². The minimum Gasteiger partial charge on any atom is -0.366 e. The van der Waals surface area contributed by atoms with Gasteiger partial charge in [-0.3, -0.25) is 14.5 Å². The molecule has 2 rings (SSSR count). The minimum atomic E-state index is -0.517. The molecule has 0 bridgehead atoms. The molecule has 1 fully saturated rings. The molecule has 0 radical (unpaired) electrons. The second-order valence-corrected chi connectivity index (χ2v) is 5.94. The van der Waals surface area contributed by atoms with E-state index in [0.29, 0.717) is 23.0 Å². The molecule has 0 aromatic carbocycles. The first-order valence-corrected chi connectivity index (χ1v) is 7.52. The monoisotopic (exact) mass is 296 g/mol. The molecular formula is C13H20N4O2S. The molecule has 4 N–H and O–H groups in total. The number of rotatable bonds is 6. The molecular weight excluding hydrogens is 276 g/mol. The van der Waals surface area contributed by atoms with E-state index in [9.17, 15) is 9.59 Å². The number of carbonyl (C=O) groups is 2. The summed E-state index contributed by atoms with van der Waals surface area (Å²) in [5.41, 5.74) is 5.62. The number of amides is 2. The van der Waals surface area contributed by atoms with E-state index in [1.165, 1.54) is 11.3 Å². The number of nitrogens with two attached hydrogens (primary N) is 1. The molecule has 110 valence electrons. The largest absolute Gasteiger partial charge is 0.366 e. The van der Waals surface area contributed by atoms with E-state index < -0.39 is 5.91 Å². The number of nitrogens with zero attached hydrogens (tertiary/aromatic N) is 1. The van der Waals surface area contributed by atoms with E-state index in [2.05, 4.69) is 15.5 Å². The van der Waals surface area contributed by atoms with E-state index in [4.69, 9.17) is 5.73 Å². The standard InChI is InChI=1S/C13H20N4O2S/c1-15-6-9-2-4-17(7-9)8-11(18)16-13-10(12(14)19)3-5-20-13/h3,5,9,15H,2,4,6-8H2,1H3,(H2,14,19)(H,16,18). The van der Waals surface area contributed by atoms with Gasteiger partial charge >= 0.3 is 0 Å². The van der Waals surface area contributed by atoms with Crippen molar-refractivity contribution >= 4 is 28.2 Å². The van der Waals surface area contributed by atoms with Gasteiger partial charge in [0.1, 0.15) is 5.00 Å². The van der Waals surface area contributed by atoms with Crippen LogP contribution in [0.5, 0.6) is 0 Å². The molecule has 1 saturated heterocycles. The lowest BCUT2D eigenvalue weighted by molar-refractivity contribution is -0.117. The predicted molar refractivity (Wildman–Crippen MR) is 79.9 cm³/mol. The van der Waals surface area contributed by atoms with Crippen LogP contribution in [0.3, 0.4) is 0 Å². The first-order valence-electron chi connectivity index (χ1n) is 6.64. The maximum atomic E-state index is 12.0. The number of thiophene rings is 1. The number of likely N-dealkylation sites (tertiary alicyclic amines) is 1. The summed E-state index contributed by atoms with van der Waals surface area (Å²) < 4.78 is 0. The molecule has 1 unspecified atom stereocenters. The van der Waals surface area contributed by atoms with Crippen LogP contribution in [0.2, 0.25) is 0 Å². The molecule has 0 saturated carbocycles. The normalized spacial score (nSPS) is 19.1. The zero-order valence-electron chi connectivity index (χ0n) is 11.5. The zero-order valence-corrected chi connectivity index (χ0v) is 12.3. The lowest BCUT2D eigenvalue weighted by Gasteiger charge is -2.15. The SMILES string of the molecule is CNCC1CCN(CC(=O)Nc2sccc2C(N)=O)C1. The van der Waals surface area contributed by atoms with Crippen molar-refractivity contribution in [3.05, 3.63) is 17.0 Å². The second-order valence-electron chi connectivity index (χ2n) is 5.02. The van der Waals surface area contributed by atoms with E-state index in [-0.39, 0.29) is 5.91 Å². The van der Waals surface area contributed by atoms with Gasteiger partial charge in [-0.25, -0.2) is 0 Å². The van der Waals surface area contributed by atoms with Gasteiger partial charge in [-0.15, -0.1) is 11.3 Å². The van der Waals surface area contributed by atoms with E-state index in [1.54, 1.807) is 11.4 Å². The third-order valence-electron chi connectivity index (χ3n) is 3.41. The molecule has 0 spiro atoms. The molecule has 1 aliphatic rings. The van der Waals surface area contributed by atoms with Crippen LogP contribution in [0.15, 0.2) is 11.4 Å². The molecule has 6 nitrogen and oxygen atoms in total. The number of hydrogen-bond donors (Lipinski definition) is 3. The summed E-state index contributed by atoms with van der Waals surface area (Å²) in [6, 6.07) is 1.63. The molecule has 1 aromatic heterocycles. The molecule has 2 heterocycles. The predicted octanol–water partition coefficient (Wildman–Crippen LogP) is 0.327. The maximum absolute atomic E-state index is 12.0. The van der Waals surface area contributed by atoms with Crippen molar-refractivity contribution in [3.63, 3.8) is 0 Å². The Labute approximate surface area is 122 Å². The molecule has 20 heavy (non-hydrogen) atoms. The number of nitrogens with one attached hydrogen (secondary N) is 2. The molecule has 1 aliphatic heterocycles. The highest BCUT2D eigenvalue weighted by Gasteiger charge is 2.23. The highest BCUT2D eigenvalue weighted by atomic mass is 32.1. The van der Waals surface area contributed by atoms with Crippen molar-refractivity contribution in [1.29, 1.82) is 0 Å². The van der Waals surface area contributed by atoms with Crippen molar-refractivity contribution in [2.75, 3.05) is 38.5 Å². The van der Waals surface area contributed by atoms with E-state index in [0.717, 1.165) is 26.1 Å². The van der Waals surface area contributed by atoms with Gasteiger partial charge < -0.3 is 16.4 Å². The summed E-state index contributed by atoms with van der Waals surface area (Å²) in [7, 11) is 1.94. The topological polar surface area (TPSA) is 87.5 Å². The van der Waals surface area contributed by atoms with Gasteiger partial charge in [0.15, 0.2) is 0 Å². The molecule has 1 aromatic rings. The first kappa shape index (κ1) is 15.0. The van der Waals surface area contributed by atoms with Crippen molar-refractivity contribution in [3.8, 4) is 0 Å². The molecule has 1 atom stereocenters. The van der Waals surface area contributed by atoms with Crippen LogP contribution in [0, 0.1) is 5.92 Å². The van der Waals surface area contributed by atoms with Gasteiger partial charge in [0.2, 0.25) is 5.91 Å². The van der Waals surface area contributed by atoms with Crippen LogP contribution in [0.1, 0.15) is 16.8 Å². The first-order chi connectivity index (χ1) is 9.60. The van der Waals surface area contributed by atoms with Crippen LogP contribution in [0.25, 0.3) is 0 Å². The van der Waals surface area contributed by atoms with Gasteiger partial charge in [-0.05, 0) is 43.9 Å². The Morgan fingerprint density at radius 2 is 2.35 bits per heavy atom. The summed E-state index contributed by atoms with van der Waals surface area (Å²) in [6.07, 6.45) is 1.11. The van der Waals surface area contributed by atoms with Crippen LogP contribution < -0.4 is 16.4 Å². The fourth-order valence-corrected chi connectivity index (χ4v) is 3.29. The zero-order chi connectivity index (χ0) is 14.5. The van der Waals surface area contributed by atoms with Crippen molar-refractivity contribution in [2.24, 2.45) is 11.7 Å². The Morgan fingerprint density at radius 1 is 1.55 bits per heavy atom. The second kappa shape index (κ2) is 6.83. The average molecular weight is 296 g/mol. The van der Waals surface area contributed by atoms with Gasteiger partial charge in [-0.2, -0.15) is 0 Å². The summed E-state index contributed by atoms with van der Waals surface area (Å²) in [6.45, 7) is 3.21. The van der Waals surface area contributed by atoms with E-state index in [1.807, 2.05) is 7.05 Å². The molecule has 2 amide bonds. The third kappa shape index (κ3) is 3.78. The van der Waals surface area contributed by atoms with Gasteiger partial charge in [0, 0.05) is 6.54 Å². The molecule has 7 heteroatoms. The summed E-state index contributed by atoms with van der Waals surface area (Å²) in [5, 5.41) is 8.21. The highest BCUT2D eigenvalue weighted by molar-refractivity contribution is 7.14. The highest BCUT2D eigenvalue weighted by Crippen LogP contribution is 2.23. The maximum Gasteiger partial charge on any atom is 0.251 e. The summed E-state index contributed by atoms with van der Waals surface area (Å²) >= 11 is 1.31. The smallest absolute Gasteiger partial charge is 0.251 e. The summed E-state index contributed by atoms with van der Waals surface area (Å²) in [4.78, 5) is 25.3. The van der Waals surface area contributed by atoms with Crippen molar-refractivity contribution < 1.29 is 9.59 Å². The number of primary amides is 1. The third-order valence-corrected chi connectivity index (χ3v) is 4.24. The number of hydrogen-bond acceptors (Lipinski definition) is 5. The summed E-state index contributed by atoms with van der Waals surface area (Å²) in [5.74, 6) is -0.00687. The van der Waals surface area contributed by atoms with Crippen LogP contribution in [-0.4, -0.2) is 49.9 Å². The van der Waals surface area contributed by atoms with Crippen molar-refractivity contribution in [2.45, 2.75) is 6.42 Å². The number of anilines is 1. The Morgan fingerprint density at radius 3 is 3.05 bits per heavy atom. The number of carbonyl (C=O) groups excluding carboxylic acids is 2. The average Bonchev–Trinajstić information content (AvgIpc) is 2.99. The quantitative estimate of drug-likeness (QED) is 0.706. The Balaban J connectivity index is 1.84. The molecule has 0 aliphatic carbocycles. The Hall–Kier alpha value is -1.44. The Kier molecular flexibility index (Phi) is 5.11. The Bertz CT molecular complexity index is 488. The van der Waals surface area contributed by atoms with Gasteiger partial charge in [0.25, 0.3) is 5.91 Å². The fraction of sp³-hybridized carbons (Fsp3) is 0.538. The van der Waals surface area contributed by atoms with Gasteiger partial charge in [-0.1, -0.05) is 0 Å². The lowest BCUT2D eigenvalue weighted by Crippen LogP contribution is -2.32. The van der Waals surface area contributed by atoms with Crippen LogP contribution in [0.4, 0.5) is 5.00 Å². The fourth-order valence-electron chi connectivity index (χ4n) is 2.48. The van der Waals surface area contributed by atoms with Crippen molar-refractivity contribution in [1.82, 2.24) is 10.2 Å². The van der Waals surface area contributed by atoms with E-state index >= 15 is 0 Å². The minimum absolute atomic E-state index is 0.0972. The lowest BCUT2D eigenvalue weighted by atomic mass is 10.1. The van der Waals surface area contributed by atoms with Gasteiger partial charge in [0.05, 0.1) is 12.1 Å².